The molecule has 28 heavy (non-hydrogen) atoms. The lowest BCUT2D eigenvalue weighted by atomic mass is 10.0. The molecule has 7 rings (SSSR count). The molecule has 1 N–H and O–H groups in total. The molecule has 2 atom stereocenters. The van der Waals surface area contributed by atoms with Gasteiger partial charge in [0, 0.05) is 30.0 Å². The molecule has 0 bridgehead atoms. The van der Waals surface area contributed by atoms with Crippen molar-refractivity contribution >= 4 is 16.7 Å². The molecule has 3 aliphatic carbocycles. The molecule has 2 aromatic heterocycles. The smallest absolute Gasteiger partial charge is 0.159 e. The molecule has 0 amide bonds. The van der Waals surface area contributed by atoms with Crippen LogP contribution < -0.4 is 4.90 Å². The maximum Gasteiger partial charge on any atom is 0.159 e. The highest BCUT2D eigenvalue weighted by atomic mass is 16.3. The number of aliphatic hydroxyl groups is 1. The highest BCUT2D eigenvalue weighted by molar-refractivity contribution is 5.81. The Morgan fingerprint density at radius 1 is 1.00 bits per heavy atom. The van der Waals surface area contributed by atoms with Crippen molar-refractivity contribution in [2.45, 2.75) is 44.1 Å². The van der Waals surface area contributed by atoms with Crippen LogP contribution in [0.4, 0.5) is 5.82 Å². The number of rotatable bonds is 3. The second-order valence-electron chi connectivity index (χ2n) is 9.49. The van der Waals surface area contributed by atoms with Gasteiger partial charge in [-0.05, 0) is 55.1 Å². The summed E-state index contributed by atoms with van der Waals surface area (Å²) in [4.78, 5) is 11.2. The topological polar surface area (TPSA) is 67.1 Å². The number of aliphatic hydroxyl groups excluding tert-OH is 1. The van der Waals surface area contributed by atoms with Gasteiger partial charge >= 0.3 is 0 Å². The first-order chi connectivity index (χ1) is 13.7. The van der Waals surface area contributed by atoms with Crippen LogP contribution >= 0.6 is 0 Å². The molecule has 4 fully saturated rings. The van der Waals surface area contributed by atoms with Crippen LogP contribution in [0.3, 0.4) is 0 Å². The van der Waals surface area contributed by atoms with Gasteiger partial charge in [-0.25, -0.2) is 14.6 Å². The number of benzene rings is 1. The third-order valence-corrected chi connectivity index (χ3v) is 7.76. The third-order valence-electron chi connectivity index (χ3n) is 7.76. The summed E-state index contributed by atoms with van der Waals surface area (Å²) in [5.41, 5.74) is 3.32. The van der Waals surface area contributed by atoms with Crippen molar-refractivity contribution in [3.05, 3.63) is 42.4 Å². The molecule has 3 saturated carbocycles. The van der Waals surface area contributed by atoms with Crippen LogP contribution in [-0.2, 0) is 0 Å². The third kappa shape index (κ3) is 2.09. The maximum atomic E-state index is 10.4. The van der Waals surface area contributed by atoms with E-state index in [0.29, 0.717) is 12.0 Å². The van der Waals surface area contributed by atoms with Crippen LogP contribution in [0.5, 0.6) is 0 Å². The molecule has 3 aromatic rings. The summed E-state index contributed by atoms with van der Waals surface area (Å²) >= 11 is 0. The van der Waals surface area contributed by atoms with Crippen LogP contribution in [-0.4, -0.2) is 44.0 Å². The Labute approximate surface area is 163 Å². The van der Waals surface area contributed by atoms with Gasteiger partial charge in [-0.2, -0.15) is 5.10 Å². The van der Waals surface area contributed by atoms with E-state index >= 15 is 0 Å². The molecular formula is C22H23N5O. The molecule has 3 heterocycles. The van der Waals surface area contributed by atoms with Gasteiger partial charge in [0.1, 0.15) is 12.1 Å². The molecule has 1 saturated heterocycles. The van der Waals surface area contributed by atoms with E-state index in [-0.39, 0.29) is 11.5 Å². The average molecular weight is 373 g/mol. The normalized spacial score (nSPS) is 28.4. The van der Waals surface area contributed by atoms with Gasteiger partial charge in [0.15, 0.2) is 5.82 Å². The van der Waals surface area contributed by atoms with Crippen molar-refractivity contribution in [1.29, 1.82) is 0 Å². The summed E-state index contributed by atoms with van der Waals surface area (Å²) in [6, 6.07) is 8.78. The van der Waals surface area contributed by atoms with Crippen molar-refractivity contribution in [3.8, 4) is 5.82 Å². The molecule has 6 nitrogen and oxygen atoms in total. The second-order valence-corrected chi connectivity index (χ2v) is 9.49. The second kappa shape index (κ2) is 4.92. The van der Waals surface area contributed by atoms with E-state index in [0.717, 1.165) is 47.8 Å². The van der Waals surface area contributed by atoms with Crippen molar-refractivity contribution in [2.24, 2.45) is 10.8 Å². The predicted molar refractivity (Wildman–Crippen MR) is 106 cm³/mol. The summed E-state index contributed by atoms with van der Waals surface area (Å²) in [7, 11) is 0. The lowest BCUT2D eigenvalue weighted by Gasteiger charge is -2.17. The SMILES string of the molecule is OC1CN(c2cc(-n3ncc4ccc(C5CC56CC6)cc43)ncn2)CC12CC2. The van der Waals surface area contributed by atoms with Crippen molar-refractivity contribution in [1.82, 2.24) is 19.7 Å². The summed E-state index contributed by atoms with van der Waals surface area (Å²) < 4.78 is 1.94. The summed E-state index contributed by atoms with van der Waals surface area (Å²) in [5.74, 6) is 2.41. The number of β-amino-alcohol motifs (C(OH)–C–C–N with tert-alkyl or cyclic N) is 1. The van der Waals surface area contributed by atoms with E-state index in [4.69, 9.17) is 0 Å². The van der Waals surface area contributed by atoms with Crippen LogP contribution in [0.2, 0.25) is 0 Å². The van der Waals surface area contributed by atoms with Gasteiger partial charge in [0.2, 0.25) is 0 Å². The van der Waals surface area contributed by atoms with Crippen molar-refractivity contribution < 1.29 is 5.11 Å². The lowest BCUT2D eigenvalue weighted by molar-refractivity contribution is 0.136. The minimum absolute atomic E-state index is 0.113. The standard InChI is InChI=1S/C22H23N5O/c28-18-11-26(12-22(18)5-6-22)19-8-20(24-13-23-19)27-17-7-14(1-2-15(17)10-25-27)16-9-21(16)3-4-21/h1-2,7-8,10,13,16,18,28H,3-6,9,11-12H2. The Morgan fingerprint density at radius 2 is 1.82 bits per heavy atom. The van der Waals surface area contributed by atoms with E-state index in [1.165, 1.54) is 24.8 Å². The molecule has 4 aliphatic rings. The summed E-state index contributed by atoms with van der Waals surface area (Å²) in [6.45, 7) is 1.54. The minimum atomic E-state index is -0.243. The van der Waals surface area contributed by atoms with Gasteiger partial charge in [-0.15, -0.1) is 0 Å². The Hall–Kier alpha value is -2.47. The Morgan fingerprint density at radius 3 is 2.57 bits per heavy atom. The van der Waals surface area contributed by atoms with E-state index in [2.05, 4.69) is 38.2 Å². The van der Waals surface area contributed by atoms with Gasteiger partial charge in [-0.1, -0.05) is 12.1 Å². The number of aromatic nitrogens is 4. The molecule has 2 spiro atoms. The summed E-state index contributed by atoms with van der Waals surface area (Å²) in [5, 5.41) is 16.1. The Bertz CT molecular complexity index is 1110. The molecular weight excluding hydrogens is 350 g/mol. The molecule has 0 radical (unpaired) electrons. The van der Waals surface area contributed by atoms with Gasteiger partial charge in [0.05, 0.1) is 17.8 Å². The minimum Gasteiger partial charge on any atom is -0.391 e. The van der Waals surface area contributed by atoms with Crippen LogP contribution in [0, 0.1) is 10.8 Å². The number of anilines is 1. The molecule has 1 aromatic carbocycles. The zero-order valence-electron chi connectivity index (χ0n) is 15.8. The molecule has 142 valence electrons. The molecule has 2 unspecified atom stereocenters. The monoisotopic (exact) mass is 373 g/mol. The Balaban J connectivity index is 1.26. The van der Waals surface area contributed by atoms with E-state index in [9.17, 15) is 5.11 Å². The van der Waals surface area contributed by atoms with Crippen LogP contribution in [0.15, 0.2) is 36.8 Å². The van der Waals surface area contributed by atoms with Crippen molar-refractivity contribution in [3.63, 3.8) is 0 Å². The first-order valence-corrected chi connectivity index (χ1v) is 10.4. The quantitative estimate of drug-likeness (QED) is 0.764. The zero-order valence-corrected chi connectivity index (χ0v) is 15.8. The highest BCUT2D eigenvalue weighted by Crippen LogP contribution is 2.75. The average Bonchev–Trinajstić information content (AvgIpc) is 3.66. The van der Waals surface area contributed by atoms with Gasteiger partial charge < -0.3 is 10.0 Å². The zero-order chi connectivity index (χ0) is 18.5. The van der Waals surface area contributed by atoms with E-state index in [1.807, 2.05) is 16.9 Å². The van der Waals surface area contributed by atoms with E-state index < -0.39 is 0 Å². The lowest BCUT2D eigenvalue weighted by Crippen LogP contribution is -2.22. The molecule has 6 heteroatoms. The number of hydrogen-bond donors (Lipinski definition) is 1. The first-order valence-electron chi connectivity index (χ1n) is 10.4. The largest absolute Gasteiger partial charge is 0.391 e. The predicted octanol–water partition coefficient (Wildman–Crippen LogP) is 3.04. The van der Waals surface area contributed by atoms with Crippen LogP contribution in [0.1, 0.15) is 43.6 Å². The fraction of sp³-hybridized carbons (Fsp3) is 0.500. The number of fused-ring (bicyclic) bond motifs is 1. The maximum absolute atomic E-state index is 10.4. The summed E-state index contributed by atoms with van der Waals surface area (Å²) in [6.07, 6.45) is 9.68. The van der Waals surface area contributed by atoms with Gasteiger partial charge in [0.25, 0.3) is 0 Å². The van der Waals surface area contributed by atoms with Gasteiger partial charge in [-0.3, -0.25) is 0 Å². The fourth-order valence-corrected chi connectivity index (χ4v) is 5.37. The van der Waals surface area contributed by atoms with E-state index in [1.54, 1.807) is 6.33 Å². The first kappa shape index (κ1) is 15.5. The molecule has 1 aliphatic heterocycles. The Kier molecular flexibility index (Phi) is 2.72. The van der Waals surface area contributed by atoms with Crippen molar-refractivity contribution in [2.75, 3.05) is 18.0 Å². The number of nitrogens with zero attached hydrogens (tertiary/aromatic N) is 5. The van der Waals surface area contributed by atoms with Crippen LogP contribution in [0.25, 0.3) is 16.7 Å². The fourth-order valence-electron chi connectivity index (χ4n) is 5.37. The highest BCUT2D eigenvalue weighted by Gasteiger charge is 2.62. The number of hydrogen-bond acceptors (Lipinski definition) is 5.